The summed E-state index contributed by atoms with van der Waals surface area (Å²) in [5.41, 5.74) is 36.4. The molecule has 0 bridgehead atoms. The van der Waals surface area contributed by atoms with E-state index < -0.39 is 0 Å². The maximum Gasteiger partial charge on any atom is 0.0709 e. The van der Waals surface area contributed by atoms with Gasteiger partial charge in [-0.3, -0.25) is 15.0 Å². The summed E-state index contributed by atoms with van der Waals surface area (Å²) in [6, 6.07) is 108. The van der Waals surface area contributed by atoms with E-state index in [4.69, 9.17) is 15.7 Å². The molecule has 6 heteroatoms. The van der Waals surface area contributed by atoms with Crippen molar-refractivity contribution in [1.82, 2.24) is 15.0 Å². The van der Waals surface area contributed by atoms with E-state index in [2.05, 4.69) is 347 Å². The van der Waals surface area contributed by atoms with Crippen LogP contribution in [0.15, 0.2) is 326 Å². The summed E-state index contributed by atoms with van der Waals surface area (Å²) < 4.78 is 1.06. The fraction of sp³-hybridized carbons (Fsp3) is 0.0745. The number of nitrogens with zero attached hydrogens (tertiary/aromatic N) is 4. The second-order valence-corrected chi connectivity index (χ2v) is 27.0. The highest BCUT2D eigenvalue weighted by atomic mass is 79.9. The van der Waals surface area contributed by atoms with Crippen molar-refractivity contribution in [2.24, 2.45) is 0 Å². The van der Waals surface area contributed by atoms with Crippen molar-refractivity contribution in [2.75, 3.05) is 10.6 Å². The zero-order chi connectivity index (χ0) is 68.8. The first-order chi connectivity index (χ1) is 48.7. The number of rotatable bonds is 11. The number of nitrogens with two attached hydrogens (primary N) is 1. The molecule has 100 heavy (non-hydrogen) atoms. The lowest BCUT2D eigenvalue weighted by Crippen LogP contribution is -2.13. The van der Waals surface area contributed by atoms with Gasteiger partial charge in [0, 0.05) is 67.9 Å². The quantitative estimate of drug-likeness (QED) is 0.131. The zero-order valence-corrected chi connectivity index (χ0v) is 58.9. The molecule has 0 unspecified atom stereocenters. The van der Waals surface area contributed by atoms with Crippen LogP contribution in [0.25, 0.3) is 122 Å². The van der Waals surface area contributed by atoms with Crippen LogP contribution in [-0.2, 0) is 0 Å². The fourth-order valence-corrected chi connectivity index (χ4v) is 14.0. The Morgan fingerprint density at radius 1 is 0.260 bits per heavy atom. The minimum absolute atomic E-state index is 0.881. The summed E-state index contributed by atoms with van der Waals surface area (Å²) in [5.74, 6) is 0. The molecular weight excluding hydrogens is 1280 g/mol. The van der Waals surface area contributed by atoms with E-state index in [1.165, 1.54) is 105 Å². The highest BCUT2D eigenvalue weighted by molar-refractivity contribution is 9.10. The maximum atomic E-state index is 6.08. The summed E-state index contributed by atoms with van der Waals surface area (Å²) in [6.45, 7) is 15.0. The van der Waals surface area contributed by atoms with Gasteiger partial charge in [0.1, 0.15) is 0 Å². The molecule has 16 rings (SSSR count). The molecule has 3 aromatic heterocycles. The van der Waals surface area contributed by atoms with E-state index >= 15 is 0 Å². The topological polar surface area (TPSA) is 67.9 Å². The van der Waals surface area contributed by atoms with Crippen LogP contribution >= 0.6 is 15.9 Å². The lowest BCUT2D eigenvalue weighted by molar-refractivity contribution is 1.23. The van der Waals surface area contributed by atoms with E-state index in [1.807, 2.05) is 48.9 Å². The Bertz CT molecular complexity index is 5510. The molecule has 0 atom stereocenters. The van der Waals surface area contributed by atoms with Crippen LogP contribution in [-0.4, -0.2) is 15.0 Å². The Labute approximate surface area is 595 Å². The minimum atomic E-state index is 0.881. The monoisotopic (exact) mass is 1350 g/mol. The van der Waals surface area contributed by atoms with Gasteiger partial charge in [0.15, 0.2) is 0 Å². The SMILES string of the molecule is Cc1cc(C)c(N(c2cccc(-c3cc(-c4ccc5ccccc5c4)c(C)cn3)c2)c2cccc(-c3cc(-c4ccc5ccccc5c4)c(C)cn3)c2)c(-c2ccccc2)c1.Cc1cc(C)c(N)c(-c2ccccc2)c1.Cc1cnc(-c2cccc(Br)c2)cc1-c1ccc2ccccc2c1. The smallest absolute Gasteiger partial charge is 0.0709 e. The summed E-state index contributed by atoms with van der Waals surface area (Å²) in [6.07, 6.45) is 5.97. The fourth-order valence-electron chi connectivity index (χ4n) is 13.6. The number of halogens is 1. The number of nitrogen functional groups attached to an aromatic ring is 1. The number of aryl methyl sites for hydroxylation is 7. The van der Waals surface area contributed by atoms with Crippen LogP contribution in [0.1, 0.15) is 38.9 Å². The van der Waals surface area contributed by atoms with Crippen molar-refractivity contribution < 1.29 is 0 Å². The van der Waals surface area contributed by atoms with Gasteiger partial charge in [0.2, 0.25) is 0 Å². The second kappa shape index (κ2) is 29.1. The number of hydrogen-bond donors (Lipinski definition) is 1. The van der Waals surface area contributed by atoms with Crippen LogP contribution in [0.2, 0.25) is 0 Å². The van der Waals surface area contributed by atoms with Gasteiger partial charge in [-0.15, -0.1) is 0 Å². The first kappa shape index (κ1) is 65.5. The molecule has 2 N–H and O–H groups in total. The third kappa shape index (κ3) is 14.3. The van der Waals surface area contributed by atoms with Crippen molar-refractivity contribution in [1.29, 1.82) is 0 Å². The van der Waals surface area contributed by atoms with Crippen molar-refractivity contribution in [3.63, 3.8) is 0 Å². The van der Waals surface area contributed by atoms with Gasteiger partial charge in [-0.1, -0.05) is 245 Å². The molecule has 0 spiro atoms. The molecular formula is C94H76BrN5. The first-order valence-electron chi connectivity index (χ1n) is 34.0. The van der Waals surface area contributed by atoms with Gasteiger partial charge < -0.3 is 10.6 Å². The van der Waals surface area contributed by atoms with Gasteiger partial charge in [0.25, 0.3) is 0 Å². The van der Waals surface area contributed by atoms with Gasteiger partial charge in [-0.25, -0.2) is 0 Å². The largest absolute Gasteiger partial charge is 0.398 e. The standard InChI is InChI=1S/C58H45N3.C22H16BrN.C14H15N/c1-38-28-39(2)58(55(29-38)44-16-6-5-7-17-44)61(51-22-12-20-49(32-51)56-34-53(40(3)36-59-56)47-26-24-42-14-8-10-18-45(42)30-47)52-23-13-21-50(33-52)57-35-54(41(4)37-60-57)48-27-25-43-15-9-11-19-46(43)31-48;1-15-14-24-22(19-7-4-8-20(23)12-19)13-21(15)18-10-9-16-5-2-3-6-17(16)11-18;1-10-8-11(2)14(15)13(9-10)12-6-4-3-5-7-12/h5-37H,1-4H3;2-14H,1H3;3-9H,15H2,1-2H3. The lowest BCUT2D eigenvalue weighted by Gasteiger charge is -2.30. The van der Waals surface area contributed by atoms with Crippen LogP contribution < -0.4 is 10.6 Å². The summed E-state index contributed by atoms with van der Waals surface area (Å²) in [4.78, 5) is 17.1. The molecule has 0 amide bonds. The number of pyridine rings is 3. The summed E-state index contributed by atoms with van der Waals surface area (Å²) in [5, 5.41) is 7.45. The van der Waals surface area contributed by atoms with E-state index in [-0.39, 0.29) is 0 Å². The maximum absolute atomic E-state index is 6.08. The normalized spacial score (nSPS) is 11.0. The second-order valence-electron chi connectivity index (χ2n) is 26.0. The Morgan fingerprint density at radius 3 is 1.03 bits per heavy atom. The summed E-state index contributed by atoms with van der Waals surface area (Å²) >= 11 is 3.54. The highest BCUT2D eigenvalue weighted by Crippen LogP contribution is 2.46. The number of fused-ring (bicyclic) bond motifs is 3. The number of anilines is 4. The van der Waals surface area contributed by atoms with Crippen LogP contribution in [0.5, 0.6) is 0 Å². The molecule has 0 aliphatic carbocycles. The molecule has 0 saturated carbocycles. The van der Waals surface area contributed by atoms with Crippen molar-refractivity contribution in [2.45, 2.75) is 48.5 Å². The molecule has 0 aliphatic heterocycles. The molecule has 5 nitrogen and oxygen atoms in total. The third-order valence-electron chi connectivity index (χ3n) is 18.8. The van der Waals surface area contributed by atoms with E-state index in [0.717, 1.165) is 83.2 Å². The average molecular weight is 1360 g/mol. The van der Waals surface area contributed by atoms with Crippen molar-refractivity contribution >= 4 is 71.0 Å². The van der Waals surface area contributed by atoms with E-state index in [1.54, 1.807) is 0 Å². The van der Waals surface area contributed by atoms with Crippen molar-refractivity contribution in [3.05, 3.63) is 365 Å². The molecule has 13 aromatic carbocycles. The van der Waals surface area contributed by atoms with Gasteiger partial charge >= 0.3 is 0 Å². The van der Waals surface area contributed by atoms with E-state index in [9.17, 15) is 0 Å². The number of aromatic nitrogens is 3. The van der Waals surface area contributed by atoms with Crippen LogP contribution in [0, 0.1) is 48.5 Å². The molecule has 0 fully saturated rings. The highest BCUT2D eigenvalue weighted by Gasteiger charge is 2.23. The molecule has 3 heterocycles. The van der Waals surface area contributed by atoms with Gasteiger partial charge in [-0.2, -0.15) is 0 Å². The number of benzene rings is 13. The molecule has 0 saturated heterocycles. The minimum Gasteiger partial charge on any atom is -0.398 e. The molecule has 0 aliphatic rings. The Morgan fingerprint density at radius 2 is 0.610 bits per heavy atom. The van der Waals surface area contributed by atoms with Crippen molar-refractivity contribution in [3.8, 4) is 89.4 Å². The Kier molecular flexibility index (Phi) is 19.0. The predicted octanol–water partition coefficient (Wildman–Crippen LogP) is 26.0. The molecule has 0 radical (unpaired) electrons. The van der Waals surface area contributed by atoms with Gasteiger partial charge in [0.05, 0.1) is 22.8 Å². The average Bonchev–Trinajstić information content (AvgIpc) is 0.766. The summed E-state index contributed by atoms with van der Waals surface area (Å²) in [7, 11) is 0. The number of hydrogen-bond acceptors (Lipinski definition) is 5. The molecule has 484 valence electrons. The van der Waals surface area contributed by atoms with Gasteiger partial charge in [-0.05, 0) is 238 Å². The first-order valence-corrected chi connectivity index (χ1v) is 34.8. The molecule has 16 aromatic rings. The van der Waals surface area contributed by atoms with E-state index in [0.29, 0.717) is 0 Å². The van der Waals surface area contributed by atoms with Crippen LogP contribution in [0.4, 0.5) is 22.7 Å². The Balaban J connectivity index is 0.000000176. The predicted molar refractivity (Wildman–Crippen MR) is 429 cm³/mol. The zero-order valence-electron chi connectivity index (χ0n) is 57.3. The Hall–Kier alpha value is -11.8. The third-order valence-corrected chi connectivity index (χ3v) is 19.3. The van der Waals surface area contributed by atoms with Crippen LogP contribution in [0.3, 0.4) is 0 Å². The lowest BCUT2D eigenvalue weighted by atomic mass is 9.95.